The quantitative estimate of drug-likeness (QED) is 0.603. The minimum atomic E-state index is -0.0751. The van der Waals surface area contributed by atoms with E-state index >= 15 is 0 Å². The van der Waals surface area contributed by atoms with Crippen molar-refractivity contribution in [3.63, 3.8) is 0 Å². The maximum absolute atomic E-state index is 5.45. The average Bonchev–Trinajstić information content (AvgIpc) is 1.85. The van der Waals surface area contributed by atoms with Gasteiger partial charge in [0.1, 0.15) is 0 Å². The van der Waals surface area contributed by atoms with Crippen LogP contribution in [0.4, 0.5) is 0 Å². The Bertz CT molecular complexity index is 113. The fraction of sp³-hybridized carbons (Fsp3) is 1.00. The number of hydrogen-bond acceptors (Lipinski definition) is 3. The lowest BCUT2D eigenvalue weighted by molar-refractivity contribution is 0.0321. The Balaban J connectivity index is 3.46. The van der Waals surface area contributed by atoms with E-state index in [9.17, 15) is 0 Å². The minimum Gasteiger partial charge on any atom is -0.379 e. The molecule has 0 aliphatic heterocycles. The molecule has 0 aliphatic rings. The van der Waals surface area contributed by atoms with Crippen molar-refractivity contribution in [3.05, 3.63) is 0 Å². The van der Waals surface area contributed by atoms with Crippen LogP contribution in [0.15, 0.2) is 0 Å². The molecule has 0 heterocycles. The molecule has 0 saturated carbocycles. The molecule has 0 N–H and O–H groups in total. The summed E-state index contributed by atoms with van der Waals surface area (Å²) in [4.78, 5) is 0. The van der Waals surface area contributed by atoms with Crippen molar-refractivity contribution >= 4 is 12.0 Å². The van der Waals surface area contributed by atoms with Crippen molar-refractivity contribution in [1.82, 2.24) is 0 Å². The van der Waals surface area contributed by atoms with Gasteiger partial charge >= 0.3 is 0 Å². The van der Waals surface area contributed by atoms with E-state index in [1.54, 1.807) is 0 Å². The van der Waals surface area contributed by atoms with Crippen molar-refractivity contribution < 1.29 is 8.92 Å². The van der Waals surface area contributed by atoms with Crippen LogP contribution in [0.3, 0.4) is 0 Å². The zero-order chi connectivity index (χ0) is 9.61. The maximum atomic E-state index is 5.45. The topological polar surface area (TPSA) is 18.5 Å². The molecule has 0 atom stereocenters. The molecule has 0 spiro atoms. The molecule has 0 amide bonds. The molecule has 0 aromatic heterocycles. The molecule has 74 valence electrons. The second-order valence-electron chi connectivity index (χ2n) is 3.68. The van der Waals surface area contributed by atoms with Gasteiger partial charge in [-0.1, -0.05) is 0 Å². The van der Waals surface area contributed by atoms with E-state index in [0.29, 0.717) is 6.10 Å². The van der Waals surface area contributed by atoms with Gasteiger partial charge in [0.05, 0.1) is 11.7 Å². The summed E-state index contributed by atoms with van der Waals surface area (Å²) < 4.78 is 10.9. The van der Waals surface area contributed by atoms with Crippen LogP contribution in [-0.4, -0.2) is 24.6 Å². The molecule has 0 radical (unpaired) electrons. The lowest BCUT2D eigenvalue weighted by atomic mass is 10.1. The van der Waals surface area contributed by atoms with Gasteiger partial charge in [0, 0.05) is 19.3 Å². The van der Waals surface area contributed by atoms with Crippen molar-refractivity contribution in [2.24, 2.45) is 0 Å². The lowest BCUT2D eigenvalue weighted by Gasteiger charge is -2.23. The van der Waals surface area contributed by atoms with Crippen LogP contribution in [0.2, 0.25) is 0 Å². The van der Waals surface area contributed by atoms with E-state index < -0.39 is 0 Å². The van der Waals surface area contributed by atoms with E-state index in [0.717, 1.165) is 13.0 Å². The normalized spacial score (nSPS) is 12.5. The fourth-order valence-corrected chi connectivity index (χ4v) is 1.34. The largest absolute Gasteiger partial charge is 0.379 e. The van der Waals surface area contributed by atoms with Gasteiger partial charge in [-0.25, -0.2) is 0 Å². The first-order valence-electron chi connectivity index (χ1n) is 4.31. The van der Waals surface area contributed by atoms with E-state index in [1.807, 2.05) is 20.1 Å². The molecule has 3 heteroatoms. The molecular weight excluding hydrogens is 172 g/mol. The first-order chi connectivity index (χ1) is 5.48. The highest BCUT2D eigenvalue weighted by Crippen LogP contribution is 2.19. The summed E-state index contributed by atoms with van der Waals surface area (Å²) in [5, 5.41) is 0. The minimum absolute atomic E-state index is 0.0751. The van der Waals surface area contributed by atoms with Crippen molar-refractivity contribution in [2.75, 3.05) is 12.9 Å². The predicted octanol–water partition coefficient (Wildman–Crippen LogP) is 2.87. The summed E-state index contributed by atoms with van der Waals surface area (Å²) in [6.07, 6.45) is 3.19. The Morgan fingerprint density at radius 2 is 1.92 bits per heavy atom. The zero-order valence-electron chi connectivity index (χ0n) is 8.72. The SMILES string of the molecule is CSOC(C)(C)CCOC(C)C. The first-order valence-corrected chi connectivity index (χ1v) is 5.46. The van der Waals surface area contributed by atoms with Crippen LogP contribution >= 0.6 is 12.0 Å². The summed E-state index contributed by atoms with van der Waals surface area (Å²) in [6, 6.07) is 0. The molecule has 12 heavy (non-hydrogen) atoms. The summed E-state index contributed by atoms with van der Waals surface area (Å²) in [6.45, 7) is 9.01. The lowest BCUT2D eigenvalue weighted by Crippen LogP contribution is -2.24. The predicted molar refractivity (Wildman–Crippen MR) is 54.4 cm³/mol. The molecule has 0 aromatic rings. The standard InChI is InChI=1S/C9H20O2S/c1-8(2)10-7-6-9(3,4)11-12-5/h8H,6-7H2,1-5H3. The Morgan fingerprint density at radius 3 is 2.33 bits per heavy atom. The van der Waals surface area contributed by atoms with Crippen molar-refractivity contribution in [2.45, 2.75) is 45.8 Å². The fourth-order valence-electron chi connectivity index (χ4n) is 0.808. The molecular formula is C9H20O2S. The third-order valence-corrected chi connectivity index (χ3v) is 2.08. The molecule has 0 saturated heterocycles. The third-order valence-electron chi connectivity index (χ3n) is 1.46. The Labute approximate surface area is 80.2 Å². The van der Waals surface area contributed by atoms with Gasteiger partial charge in [0.2, 0.25) is 0 Å². The molecule has 0 fully saturated rings. The highest BCUT2D eigenvalue weighted by Gasteiger charge is 2.18. The van der Waals surface area contributed by atoms with Crippen LogP contribution in [0.25, 0.3) is 0 Å². The van der Waals surface area contributed by atoms with E-state index in [1.165, 1.54) is 12.0 Å². The first kappa shape index (κ1) is 12.3. The van der Waals surface area contributed by atoms with Crippen LogP contribution in [-0.2, 0) is 8.92 Å². The Hall–Kier alpha value is 0.270. The smallest absolute Gasteiger partial charge is 0.0794 e. The van der Waals surface area contributed by atoms with Gasteiger partial charge in [-0.2, -0.15) is 0 Å². The van der Waals surface area contributed by atoms with Gasteiger partial charge < -0.3 is 8.92 Å². The maximum Gasteiger partial charge on any atom is 0.0794 e. The van der Waals surface area contributed by atoms with E-state index in [2.05, 4.69) is 13.8 Å². The molecule has 0 aromatic carbocycles. The molecule has 0 rings (SSSR count). The van der Waals surface area contributed by atoms with Crippen LogP contribution in [0.1, 0.15) is 34.1 Å². The molecule has 0 aliphatic carbocycles. The molecule has 0 bridgehead atoms. The second kappa shape index (κ2) is 5.84. The second-order valence-corrected chi connectivity index (χ2v) is 4.18. The number of ether oxygens (including phenoxy) is 1. The Morgan fingerprint density at radius 1 is 1.33 bits per heavy atom. The van der Waals surface area contributed by atoms with Crippen LogP contribution in [0.5, 0.6) is 0 Å². The zero-order valence-corrected chi connectivity index (χ0v) is 9.53. The monoisotopic (exact) mass is 192 g/mol. The highest BCUT2D eigenvalue weighted by atomic mass is 32.2. The van der Waals surface area contributed by atoms with E-state index in [4.69, 9.17) is 8.92 Å². The van der Waals surface area contributed by atoms with Crippen LogP contribution < -0.4 is 0 Å². The van der Waals surface area contributed by atoms with Crippen molar-refractivity contribution in [3.8, 4) is 0 Å². The summed E-state index contributed by atoms with van der Waals surface area (Å²) in [5.41, 5.74) is -0.0751. The van der Waals surface area contributed by atoms with Gasteiger partial charge in [-0.3, -0.25) is 0 Å². The Kier molecular flexibility index (Phi) is 5.97. The summed E-state index contributed by atoms with van der Waals surface area (Å²) >= 11 is 1.41. The molecule has 2 nitrogen and oxygen atoms in total. The van der Waals surface area contributed by atoms with Gasteiger partial charge in [-0.05, 0) is 39.7 Å². The van der Waals surface area contributed by atoms with Crippen LogP contribution in [0, 0.1) is 0 Å². The van der Waals surface area contributed by atoms with E-state index in [-0.39, 0.29) is 5.60 Å². The number of hydrogen-bond donors (Lipinski definition) is 0. The van der Waals surface area contributed by atoms with Gasteiger partial charge in [-0.15, -0.1) is 0 Å². The average molecular weight is 192 g/mol. The third kappa shape index (κ3) is 6.95. The highest BCUT2D eigenvalue weighted by molar-refractivity contribution is 7.93. The van der Waals surface area contributed by atoms with Crippen molar-refractivity contribution in [1.29, 1.82) is 0 Å². The number of rotatable bonds is 6. The van der Waals surface area contributed by atoms with Gasteiger partial charge in [0.15, 0.2) is 0 Å². The summed E-state index contributed by atoms with van der Waals surface area (Å²) in [5.74, 6) is 0. The molecule has 0 unspecified atom stereocenters. The summed E-state index contributed by atoms with van der Waals surface area (Å²) in [7, 11) is 0. The van der Waals surface area contributed by atoms with Gasteiger partial charge in [0.25, 0.3) is 0 Å².